The molecule has 2 N–H and O–H groups in total. The SMILES string of the molecule is CCCCCCCCCCCCCCCC(=O)O[C@H]1CC[C@@H](OC(=O)CCCCCCCCCCCCCCC)C1OP(=O)(O)O. The summed E-state index contributed by atoms with van der Waals surface area (Å²) < 4.78 is 27.8. The fourth-order valence-electron chi connectivity index (χ4n) is 6.47. The molecule has 1 fully saturated rings. The van der Waals surface area contributed by atoms with Crippen LogP contribution < -0.4 is 0 Å². The zero-order valence-electron chi connectivity index (χ0n) is 29.7. The Bertz CT molecular complexity index is 733. The minimum absolute atomic E-state index is 0.264. The van der Waals surface area contributed by atoms with Crippen LogP contribution >= 0.6 is 7.82 Å². The Labute approximate surface area is 282 Å². The van der Waals surface area contributed by atoms with Gasteiger partial charge in [-0.3, -0.25) is 14.1 Å². The number of hydrogen-bond donors (Lipinski definition) is 2. The van der Waals surface area contributed by atoms with E-state index in [4.69, 9.17) is 14.0 Å². The van der Waals surface area contributed by atoms with Gasteiger partial charge in [0.2, 0.25) is 0 Å². The van der Waals surface area contributed by atoms with Crippen molar-refractivity contribution in [3.63, 3.8) is 0 Å². The molecular formula is C37H71O8P. The first kappa shape index (κ1) is 43.1. The predicted molar refractivity (Wildman–Crippen MR) is 187 cm³/mol. The fraction of sp³-hybridized carbons (Fsp3) is 0.946. The molecule has 0 aromatic heterocycles. The van der Waals surface area contributed by atoms with Gasteiger partial charge in [-0.15, -0.1) is 0 Å². The molecule has 0 heterocycles. The van der Waals surface area contributed by atoms with Crippen molar-refractivity contribution in [1.29, 1.82) is 0 Å². The van der Waals surface area contributed by atoms with E-state index in [-0.39, 0.29) is 12.8 Å². The topological polar surface area (TPSA) is 119 Å². The highest BCUT2D eigenvalue weighted by molar-refractivity contribution is 7.46. The van der Waals surface area contributed by atoms with Crippen LogP contribution in [0.4, 0.5) is 0 Å². The van der Waals surface area contributed by atoms with Crippen LogP contribution in [0.2, 0.25) is 0 Å². The van der Waals surface area contributed by atoms with Gasteiger partial charge in [0.1, 0.15) is 18.3 Å². The van der Waals surface area contributed by atoms with Crippen LogP contribution in [-0.4, -0.2) is 40.0 Å². The fourth-order valence-corrected chi connectivity index (χ4v) is 7.06. The molecule has 0 saturated heterocycles. The number of esters is 2. The summed E-state index contributed by atoms with van der Waals surface area (Å²) in [5.41, 5.74) is 0. The number of phosphoric acid groups is 1. The van der Waals surface area contributed by atoms with Crippen LogP contribution in [0.3, 0.4) is 0 Å². The minimum atomic E-state index is -4.86. The summed E-state index contributed by atoms with van der Waals surface area (Å²) in [6.07, 6.45) is 30.1. The lowest BCUT2D eigenvalue weighted by Gasteiger charge is -2.25. The van der Waals surface area contributed by atoms with Gasteiger partial charge in [0.15, 0.2) is 0 Å². The van der Waals surface area contributed by atoms with Gasteiger partial charge in [-0.05, 0) is 25.7 Å². The van der Waals surface area contributed by atoms with E-state index in [1.54, 1.807) is 0 Å². The third-order valence-corrected chi connectivity index (χ3v) is 9.78. The Morgan fingerprint density at radius 1 is 0.500 bits per heavy atom. The number of hydrogen-bond acceptors (Lipinski definition) is 6. The Morgan fingerprint density at radius 3 is 1.02 bits per heavy atom. The van der Waals surface area contributed by atoms with Crippen molar-refractivity contribution in [3.8, 4) is 0 Å². The molecule has 0 aromatic rings. The molecule has 1 saturated carbocycles. The number of carbonyl (C=O) groups is 2. The van der Waals surface area contributed by atoms with E-state index in [1.807, 2.05) is 0 Å². The van der Waals surface area contributed by atoms with Gasteiger partial charge in [0, 0.05) is 12.8 Å². The minimum Gasteiger partial charge on any atom is -0.459 e. The van der Waals surface area contributed by atoms with Gasteiger partial charge in [0.05, 0.1) is 0 Å². The maximum absolute atomic E-state index is 12.5. The van der Waals surface area contributed by atoms with Crippen molar-refractivity contribution in [3.05, 3.63) is 0 Å². The first-order chi connectivity index (χ1) is 22.3. The maximum atomic E-state index is 12.5. The molecule has 0 spiro atoms. The highest BCUT2D eigenvalue weighted by Gasteiger charge is 2.45. The van der Waals surface area contributed by atoms with E-state index < -0.39 is 38.1 Å². The molecule has 1 rings (SSSR count). The summed E-state index contributed by atoms with van der Waals surface area (Å²) in [6.45, 7) is 4.49. The van der Waals surface area contributed by atoms with Gasteiger partial charge in [-0.1, -0.05) is 168 Å². The van der Waals surface area contributed by atoms with Gasteiger partial charge in [0.25, 0.3) is 0 Å². The lowest BCUT2D eigenvalue weighted by molar-refractivity contribution is -0.161. The summed E-state index contributed by atoms with van der Waals surface area (Å²) in [6, 6.07) is 0. The van der Waals surface area contributed by atoms with Crippen LogP contribution in [0, 0.1) is 0 Å². The third kappa shape index (κ3) is 25.1. The second kappa shape index (κ2) is 29.0. The molecule has 1 aliphatic rings. The number of unbranched alkanes of at least 4 members (excludes halogenated alkanes) is 24. The van der Waals surface area contributed by atoms with Crippen molar-refractivity contribution in [1.82, 2.24) is 0 Å². The summed E-state index contributed by atoms with van der Waals surface area (Å²) in [4.78, 5) is 43.9. The molecule has 9 heteroatoms. The van der Waals surface area contributed by atoms with Crippen LogP contribution in [0.25, 0.3) is 0 Å². The predicted octanol–water partition coefficient (Wildman–Crippen LogP) is 11.0. The van der Waals surface area contributed by atoms with E-state index in [9.17, 15) is 23.9 Å². The molecule has 0 bridgehead atoms. The van der Waals surface area contributed by atoms with E-state index in [0.717, 1.165) is 38.5 Å². The normalized spacial score (nSPS) is 18.2. The van der Waals surface area contributed by atoms with Crippen LogP contribution in [-0.2, 0) is 28.2 Å². The monoisotopic (exact) mass is 674 g/mol. The Hall–Kier alpha value is -0.950. The van der Waals surface area contributed by atoms with Gasteiger partial charge in [-0.25, -0.2) is 4.57 Å². The summed E-state index contributed by atoms with van der Waals surface area (Å²) in [7, 11) is -4.86. The number of rotatable bonds is 32. The molecule has 0 amide bonds. The largest absolute Gasteiger partial charge is 0.470 e. The molecule has 3 atom stereocenters. The van der Waals surface area contributed by atoms with Gasteiger partial charge in [-0.2, -0.15) is 0 Å². The molecule has 0 radical (unpaired) electrons. The van der Waals surface area contributed by atoms with Crippen LogP contribution in [0.1, 0.15) is 206 Å². The van der Waals surface area contributed by atoms with Crippen molar-refractivity contribution in [2.45, 2.75) is 225 Å². The summed E-state index contributed by atoms with van der Waals surface area (Å²) >= 11 is 0. The van der Waals surface area contributed by atoms with Gasteiger partial charge >= 0.3 is 19.8 Å². The summed E-state index contributed by atoms with van der Waals surface area (Å²) in [5.74, 6) is -0.794. The van der Waals surface area contributed by atoms with Crippen LogP contribution in [0.5, 0.6) is 0 Å². The molecule has 1 unspecified atom stereocenters. The second-order valence-corrected chi connectivity index (χ2v) is 14.9. The Balaban J connectivity index is 2.18. The highest BCUT2D eigenvalue weighted by Crippen LogP contribution is 2.43. The zero-order valence-corrected chi connectivity index (χ0v) is 30.6. The first-order valence-electron chi connectivity index (χ1n) is 19.4. The molecule has 46 heavy (non-hydrogen) atoms. The molecule has 8 nitrogen and oxygen atoms in total. The van der Waals surface area contributed by atoms with E-state index in [2.05, 4.69) is 13.8 Å². The average molecular weight is 675 g/mol. The van der Waals surface area contributed by atoms with Crippen molar-refractivity contribution in [2.24, 2.45) is 0 Å². The first-order valence-corrected chi connectivity index (χ1v) is 20.9. The number of phosphoric ester groups is 1. The lowest BCUT2D eigenvalue weighted by atomic mass is 10.0. The van der Waals surface area contributed by atoms with E-state index in [1.165, 1.54) is 128 Å². The van der Waals surface area contributed by atoms with Gasteiger partial charge < -0.3 is 19.3 Å². The average Bonchev–Trinajstić information content (AvgIpc) is 3.36. The standard InChI is InChI=1S/C37H71O8P/c1-3-5-7-9-11-13-15-17-19-21-23-25-27-29-35(38)43-33-31-32-34(37(33)45-46(40,41)42)44-36(39)30-28-26-24-22-20-18-16-14-12-10-8-6-4-2/h33-34,37H,3-32H2,1-2H3,(H2,40,41,42)/t33-,34+,37?. The van der Waals surface area contributed by atoms with Crippen LogP contribution in [0.15, 0.2) is 0 Å². The lowest BCUT2D eigenvalue weighted by Crippen LogP contribution is -2.37. The van der Waals surface area contributed by atoms with E-state index >= 15 is 0 Å². The molecular weight excluding hydrogens is 603 g/mol. The van der Waals surface area contributed by atoms with Crippen molar-refractivity contribution < 1.29 is 37.9 Å². The zero-order chi connectivity index (χ0) is 33.7. The quantitative estimate of drug-likeness (QED) is 0.0411. The van der Waals surface area contributed by atoms with E-state index in [0.29, 0.717) is 12.8 Å². The van der Waals surface area contributed by atoms with Crippen molar-refractivity contribution >= 4 is 19.8 Å². The number of carbonyl (C=O) groups excluding carboxylic acids is 2. The maximum Gasteiger partial charge on any atom is 0.470 e. The summed E-state index contributed by atoms with van der Waals surface area (Å²) in [5, 5.41) is 0. The molecule has 272 valence electrons. The Morgan fingerprint density at radius 2 is 0.761 bits per heavy atom. The molecule has 1 aliphatic carbocycles. The van der Waals surface area contributed by atoms with Crippen molar-refractivity contribution in [2.75, 3.05) is 0 Å². The molecule has 0 aromatic carbocycles. The molecule has 0 aliphatic heterocycles. The smallest absolute Gasteiger partial charge is 0.459 e. The number of ether oxygens (including phenoxy) is 2. The Kier molecular flexibility index (Phi) is 27.2. The highest BCUT2D eigenvalue weighted by atomic mass is 31.2. The third-order valence-electron chi connectivity index (χ3n) is 9.26. The second-order valence-electron chi connectivity index (χ2n) is 13.7.